The number of carboxylic acids is 1. The molecule has 162 valence electrons. The van der Waals surface area contributed by atoms with Crippen LogP contribution in [0.15, 0.2) is 40.9 Å². The monoisotopic (exact) mass is 478 g/mol. The molecule has 2 aromatic carbocycles. The van der Waals surface area contributed by atoms with Crippen molar-refractivity contribution in [1.82, 2.24) is 5.32 Å². The molecule has 2 aromatic rings. The van der Waals surface area contributed by atoms with Crippen LogP contribution in [0.3, 0.4) is 0 Å². The Morgan fingerprint density at radius 1 is 1.13 bits per heavy atom. The smallest absolute Gasteiger partial charge is 0.320 e. The van der Waals surface area contributed by atoms with Crippen molar-refractivity contribution >= 4 is 33.5 Å². The maximum Gasteiger partial charge on any atom is 0.320 e. The van der Waals surface area contributed by atoms with Crippen LogP contribution in [0, 0.1) is 12.8 Å². The fourth-order valence-electron chi connectivity index (χ4n) is 2.79. The number of halogens is 1. The largest absolute Gasteiger partial charge is 0.493 e. The highest BCUT2D eigenvalue weighted by Crippen LogP contribution is 2.33. The van der Waals surface area contributed by atoms with Crippen molar-refractivity contribution in [3.63, 3.8) is 0 Å². The number of benzene rings is 2. The van der Waals surface area contributed by atoms with Gasteiger partial charge in [-0.25, -0.2) is 0 Å². The van der Waals surface area contributed by atoms with Crippen LogP contribution in [0.25, 0.3) is 0 Å². The fourth-order valence-corrected chi connectivity index (χ4v) is 3.25. The van der Waals surface area contributed by atoms with E-state index in [2.05, 4.69) is 26.6 Å². The van der Waals surface area contributed by atoms with Gasteiger partial charge in [-0.05, 0) is 42.7 Å². The fraction of sp³-hybridized carbons (Fsp3) is 0.364. The minimum Gasteiger partial charge on any atom is -0.493 e. The van der Waals surface area contributed by atoms with Gasteiger partial charge in [0.25, 0.3) is 5.91 Å². The molecule has 0 radical (unpaired) electrons. The summed E-state index contributed by atoms with van der Waals surface area (Å²) in [4.78, 5) is 23.5. The Balaban J connectivity index is 2.03. The van der Waals surface area contributed by atoms with Gasteiger partial charge in [-0.3, -0.25) is 9.59 Å². The molecule has 0 aromatic heterocycles. The number of hydrogen-bond donors (Lipinski definition) is 3. The Labute approximate surface area is 184 Å². The number of rotatable bonds is 10. The predicted molar refractivity (Wildman–Crippen MR) is 119 cm³/mol. The normalized spacial score (nSPS) is 11.8. The summed E-state index contributed by atoms with van der Waals surface area (Å²) in [5.41, 5.74) is 2.62. The number of aryl methyl sites for hydroxylation is 1. The van der Waals surface area contributed by atoms with Gasteiger partial charge in [0.2, 0.25) is 0 Å². The molecule has 1 atom stereocenters. The number of nitrogens with one attached hydrogen (secondary N) is 2. The Morgan fingerprint density at radius 3 is 2.37 bits per heavy atom. The van der Waals surface area contributed by atoms with Gasteiger partial charge >= 0.3 is 5.97 Å². The molecule has 1 amide bonds. The lowest BCUT2D eigenvalue weighted by molar-refractivity contribution is -0.140. The Morgan fingerprint density at radius 2 is 1.80 bits per heavy atom. The number of methoxy groups -OCH3 is 1. The molecule has 0 spiro atoms. The van der Waals surface area contributed by atoms with Crippen LogP contribution >= 0.6 is 15.9 Å². The molecular weight excluding hydrogens is 452 g/mol. The Bertz CT molecular complexity index is 884. The van der Waals surface area contributed by atoms with E-state index >= 15 is 0 Å². The minimum atomic E-state index is -0.896. The summed E-state index contributed by atoms with van der Waals surface area (Å²) in [6, 6.07) is 10.3. The second-order valence-electron chi connectivity index (χ2n) is 7.24. The number of carbonyl (C=O) groups excluding carboxylic acids is 1. The van der Waals surface area contributed by atoms with Crippen LogP contribution in [0.2, 0.25) is 0 Å². The van der Waals surface area contributed by atoms with Gasteiger partial charge in [0.15, 0.2) is 18.1 Å². The van der Waals surface area contributed by atoms with Gasteiger partial charge in [0.1, 0.15) is 6.04 Å². The zero-order chi connectivity index (χ0) is 22.3. The van der Waals surface area contributed by atoms with Crippen molar-refractivity contribution in [2.75, 3.05) is 19.0 Å². The molecule has 0 bridgehead atoms. The number of amides is 1. The number of carbonyl (C=O) groups is 2. The standard InChI is InChI=1S/C22H27BrN2O5/c1-13(2)21(22(27)28)24-11-15-9-18(29-4)19(10-17(15)23)30-12-20(26)25-16-7-5-14(3)6-8-16/h5-10,13,21,24H,11-12H2,1-4H3,(H,25,26)(H,27,28). The third kappa shape index (κ3) is 6.74. The summed E-state index contributed by atoms with van der Waals surface area (Å²) in [6.07, 6.45) is 0. The molecule has 0 heterocycles. The van der Waals surface area contributed by atoms with Crippen LogP contribution in [0.4, 0.5) is 5.69 Å². The molecule has 0 aliphatic rings. The van der Waals surface area contributed by atoms with E-state index < -0.39 is 12.0 Å². The highest BCUT2D eigenvalue weighted by molar-refractivity contribution is 9.10. The molecule has 1 unspecified atom stereocenters. The first-order chi connectivity index (χ1) is 14.2. The van der Waals surface area contributed by atoms with Gasteiger partial charge in [0.05, 0.1) is 7.11 Å². The second kappa shape index (κ2) is 11.0. The molecule has 8 heteroatoms. The molecule has 30 heavy (non-hydrogen) atoms. The van der Waals surface area contributed by atoms with Crippen molar-refractivity contribution in [3.05, 3.63) is 52.0 Å². The summed E-state index contributed by atoms with van der Waals surface area (Å²) in [6.45, 7) is 5.83. The quantitative estimate of drug-likeness (QED) is 0.477. The van der Waals surface area contributed by atoms with E-state index in [0.29, 0.717) is 23.7 Å². The molecule has 0 aliphatic carbocycles. The Kier molecular flexibility index (Phi) is 8.68. The van der Waals surface area contributed by atoms with Crippen LogP contribution in [-0.2, 0) is 16.1 Å². The molecular formula is C22H27BrN2O5. The first kappa shape index (κ1) is 23.7. The number of ether oxygens (including phenoxy) is 2. The average molecular weight is 479 g/mol. The number of carboxylic acid groups (broad SMARTS) is 1. The van der Waals surface area contributed by atoms with E-state index in [9.17, 15) is 14.7 Å². The lowest BCUT2D eigenvalue weighted by Crippen LogP contribution is -2.40. The SMILES string of the molecule is COc1cc(CNC(C(=O)O)C(C)C)c(Br)cc1OCC(=O)Nc1ccc(C)cc1. The summed E-state index contributed by atoms with van der Waals surface area (Å²) in [5.74, 6) is -0.380. The van der Waals surface area contributed by atoms with Gasteiger partial charge in [-0.2, -0.15) is 0 Å². The zero-order valence-electron chi connectivity index (χ0n) is 17.5. The molecule has 0 aliphatic heterocycles. The van der Waals surface area contributed by atoms with Gasteiger partial charge < -0.3 is 25.2 Å². The average Bonchev–Trinajstić information content (AvgIpc) is 2.69. The van der Waals surface area contributed by atoms with E-state index in [-0.39, 0.29) is 18.4 Å². The molecule has 2 rings (SSSR count). The molecule has 3 N–H and O–H groups in total. The van der Waals surface area contributed by atoms with Crippen molar-refractivity contribution in [3.8, 4) is 11.5 Å². The van der Waals surface area contributed by atoms with Crippen molar-refractivity contribution in [2.24, 2.45) is 5.92 Å². The van der Waals surface area contributed by atoms with E-state index in [1.165, 1.54) is 7.11 Å². The van der Waals surface area contributed by atoms with Crippen molar-refractivity contribution in [2.45, 2.75) is 33.4 Å². The first-order valence-electron chi connectivity index (χ1n) is 9.53. The summed E-state index contributed by atoms with van der Waals surface area (Å²) < 4.78 is 11.7. The summed E-state index contributed by atoms with van der Waals surface area (Å²) in [5, 5.41) is 15.1. The van der Waals surface area contributed by atoms with E-state index in [1.54, 1.807) is 12.1 Å². The second-order valence-corrected chi connectivity index (χ2v) is 8.09. The predicted octanol–water partition coefficient (Wildman–Crippen LogP) is 3.98. The highest BCUT2D eigenvalue weighted by atomic mass is 79.9. The van der Waals surface area contributed by atoms with Crippen LogP contribution in [-0.4, -0.2) is 36.7 Å². The van der Waals surface area contributed by atoms with Gasteiger partial charge in [-0.1, -0.05) is 47.5 Å². The van der Waals surface area contributed by atoms with E-state index in [4.69, 9.17) is 9.47 Å². The topological polar surface area (TPSA) is 96.9 Å². The zero-order valence-corrected chi connectivity index (χ0v) is 19.1. The Hall–Kier alpha value is -2.58. The van der Waals surface area contributed by atoms with E-state index in [0.717, 1.165) is 15.6 Å². The van der Waals surface area contributed by atoms with Gasteiger partial charge in [0, 0.05) is 16.7 Å². The molecule has 0 saturated carbocycles. The molecule has 0 fully saturated rings. The van der Waals surface area contributed by atoms with Crippen LogP contribution in [0.1, 0.15) is 25.0 Å². The lowest BCUT2D eigenvalue weighted by atomic mass is 10.0. The number of aliphatic carboxylic acids is 1. The van der Waals surface area contributed by atoms with Crippen molar-refractivity contribution < 1.29 is 24.2 Å². The summed E-state index contributed by atoms with van der Waals surface area (Å²) in [7, 11) is 1.51. The van der Waals surface area contributed by atoms with Crippen molar-refractivity contribution in [1.29, 1.82) is 0 Å². The summed E-state index contributed by atoms with van der Waals surface area (Å²) >= 11 is 3.48. The lowest BCUT2D eigenvalue weighted by Gasteiger charge is -2.19. The number of hydrogen-bond acceptors (Lipinski definition) is 5. The van der Waals surface area contributed by atoms with Crippen LogP contribution < -0.4 is 20.1 Å². The molecule has 0 saturated heterocycles. The van der Waals surface area contributed by atoms with E-state index in [1.807, 2.05) is 45.0 Å². The number of anilines is 1. The van der Waals surface area contributed by atoms with Gasteiger partial charge in [-0.15, -0.1) is 0 Å². The first-order valence-corrected chi connectivity index (χ1v) is 10.3. The highest BCUT2D eigenvalue weighted by Gasteiger charge is 2.21. The third-order valence-electron chi connectivity index (χ3n) is 4.47. The minimum absolute atomic E-state index is 0.0576. The maximum absolute atomic E-state index is 12.2. The third-order valence-corrected chi connectivity index (χ3v) is 5.21. The van der Waals surface area contributed by atoms with Crippen LogP contribution in [0.5, 0.6) is 11.5 Å². The maximum atomic E-state index is 12.2. The molecule has 7 nitrogen and oxygen atoms in total.